The van der Waals surface area contributed by atoms with Gasteiger partial charge in [-0.15, -0.1) is 0 Å². The number of hydrogen-bond acceptors (Lipinski definition) is 5. The van der Waals surface area contributed by atoms with Crippen LogP contribution in [0.5, 0.6) is 5.75 Å². The molecule has 4 N–H and O–H groups in total. The van der Waals surface area contributed by atoms with Crippen LogP contribution in [0.2, 0.25) is 0 Å². The summed E-state index contributed by atoms with van der Waals surface area (Å²) in [6.45, 7) is 0. The first-order chi connectivity index (χ1) is 19.3. The molecular formula is C34H30N4O. The van der Waals surface area contributed by atoms with E-state index in [0.717, 1.165) is 22.6 Å². The second-order valence-corrected chi connectivity index (χ2v) is 10.0. The van der Waals surface area contributed by atoms with Crippen LogP contribution in [0.25, 0.3) is 11.1 Å². The van der Waals surface area contributed by atoms with E-state index in [4.69, 9.17) is 4.74 Å². The fourth-order valence-corrected chi connectivity index (χ4v) is 5.43. The zero-order chi connectivity index (χ0) is 26.0. The highest BCUT2D eigenvalue weighted by atomic mass is 16.5. The van der Waals surface area contributed by atoms with Crippen LogP contribution in [0, 0.1) is 0 Å². The molecule has 2 aliphatic rings. The van der Waals surface area contributed by atoms with E-state index in [1.165, 1.54) is 22.3 Å². The molecule has 39 heavy (non-hydrogen) atoms. The van der Waals surface area contributed by atoms with Crippen molar-refractivity contribution in [2.24, 2.45) is 0 Å². The van der Waals surface area contributed by atoms with Gasteiger partial charge in [0.1, 0.15) is 5.75 Å². The average Bonchev–Trinajstić information content (AvgIpc) is 3.47. The number of nitrogens with one attached hydrogen (secondary N) is 4. The SMILES string of the molecule is c1ccc(-c2cccc(C3NC(c4ccccc4)NC(c4cccc(C5Nc6ccccc6O5)c4)N3)c2)cc1. The molecule has 7 rings (SSSR count). The normalized spacial score (nSPS) is 21.9. The maximum absolute atomic E-state index is 6.21. The summed E-state index contributed by atoms with van der Waals surface area (Å²) in [7, 11) is 0. The van der Waals surface area contributed by atoms with Gasteiger partial charge in [0.15, 0.2) is 6.23 Å². The molecule has 1 saturated heterocycles. The second-order valence-electron chi connectivity index (χ2n) is 10.0. The van der Waals surface area contributed by atoms with Gasteiger partial charge in [-0.3, -0.25) is 16.0 Å². The lowest BCUT2D eigenvalue weighted by atomic mass is 9.99. The number of hydrogen-bond donors (Lipinski definition) is 4. The molecule has 0 saturated carbocycles. The van der Waals surface area contributed by atoms with Crippen LogP contribution in [-0.2, 0) is 0 Å². The zero-order valence-corrected chi connectivity index (χ0v) is 21.4. The first kappa shape index (κ1) is 23.7. The van der Waals surface area contributed by atoms with E-state index in [0.29, 0.717) is 0 Å². The van der Waals surface area contributed by atoms with Crippen LogP contribution in [0.4, 0.5) is 5.69 Å². The minimum Gasteiger partial charge on any atom is -0.464 e. The Morgan fingerprint density at radius 2 is 0.974 bits per heavy atom. The van der Waals surface area contributed by atoms with E-state index >= 15 is 0 Å². The van der Waals surface area contributed by atoms with Gasteiger partial charge in [-0.25, -0.2) is 0 Å². The largest absolute Gasteiger partial charge is 0.464 e. The van der Waals surface area contributed by atoms with Gasteiger partial charge in [-0.05, 0) is 52.1 Å². The van der Waals surface area contributed by atoms with Crippen LogP contribution in [0.1, 0.15) is 47.0 Å². The summed E-state index contributed by atoms with van der Waals surface area (Å²) in [4.78, 5) is 0. The molecule has 192 valence electrons. The van der Waals surface area contributed by atoms with E-state index in [1.807, 2.05) is 24.3 Å². The Hall–Kier alpha value is -4.42. The average molecular weight is 511 g/mol. The highest BCUT2D eigenvalue weighted by Gasteiger charge is 2.31. The minimum atomic E-state index is -0.215. The third kappa shape index (κ3) is 4.91. The molecule has 5 nitrogen and oxygen atoms in total. The highest BCUT2D eigenvalue weighted by molar-refractivity contribution is 5.64. The van der Waals surface area contributed by atoms with Gasteiger partial charge in [0.05, 0.1) is 24.2 Å². The summed E-state index contributed by atoms with van der Waals surface area (Å²) < 4.78 is 6.21. The van der Waals surface area contributed by atoms with Crippen molar-refractivity contribution in [2.75, 3.05) is 5.32 Å². The molecular weight excluding hydrogens is 480 g/mol. The number of benzene rings is 5. The Morgan fingerprint density at radius 3 is 1.72 bits per heavy atom. The third-order valence-electron chi connectivity index (χ3n) is 7.43. The van der Waals surface area contributed by atoms with Gasteiger partial charge in [-0.1, -0.05) is 109 Å². The topological polar surface area (TPSA) is 57.3 Å². The molecule has 0 spiro atoms. The van der Waals surface area contributed by atoms with E-state index < -0.39 is 0 Å². The summed E-state index contributed by atoms with van der Waals surface area (Å²) in [5, 5.41) is 14.9. The molecule has 0 amide bonds. The Bertz CT molecular complexity index is 1550. The maximum Gasteiger partial charge on any atom is 0.196 e. The van der Waals surface area contributed by atoms with E-state index in [1.54, 1.807) is 0 Å². The van der Waals surface area contributed by atoms with Crippen molar-refractivity contribution >= 4 is 5.69 Å². The minimum absolute atomic E-state index is 0.0309. The van der Waals surface area contributed by atoms with Crippen molar-refractivity contribution in [3.8, 4) is 16.9 Å². The second kappa shape index (κ2) is 10.4. The van der Waals surface area contributed by atoms with Crippen molar-refractivity contribution in [1.29, 1.82) is 0 Å². The van der Waals surface area contributed by atoms with Crippen LogP contribution >= 0.6 is 0 Å². The predicted octanol–water partition coefficient (Wildman–Crippen LogP) is 7.04. The first-order valence-electron chi connectivity index (χ1n) is 13.4. The Balaban J connectivity index is 1.20. The molecule has 5 aromatic rings. The smallest absolute Gasteiger partial charge is 0.196 e. The summed E-state index contributed by atoms with van der Waals surface area (Å²) in [6.07, 6.45) is -0.381. The van der Waals surface area contributed by atoms with Gasteiger partial charge in [-0.2, -0.15) is 0 Å². The van der Waals surface area contributed by atoms with Gasteiger partial charge >= 0.3 is 0 Å². The van der Waals surface area contributed by atoms with Crippen LogP contribution in [0.15, 0.2) is 133 Å². The van der Waals surface area contributed by atoms with Crippen molar-refractivity contribution in [3.05, 3.63) is 156 Å². The van der Waals surface area contributed by atoms with Crippen molar-refractivity contribution < 1.29 is 4.74 Å². The number of fused-ring (bicyclic) bond motifs is 1. The van der Waals surface area contributed by atoms with Gasteiger partial charge in [0.2, 0.25) is 0 Å². The zero-order valence-electron chi connectivity index (χ0n) is 21.4. The van der Waals surface area contributed by atoms with Crippen molar-refractivity contribution in [2.45, 2.75) is 24.7 Å². The molecule has 0 radical (unpaired) electrons. The monoisotopic (exact) mass is 510 g/mol. The van der Waals surface area contributed by atoms with Crippen molar-refractivity contribution in [1.82, 2.24) is 16.0 Å². The molecule has 2 aliphatic heterocycles. The summed E-state index contributed by atoms with van der Waals surface area (Å²) >= 11 is 0. The maximum atomic E-state index is 6.21. The van der Waals surface area contributed by atoms with E-state index in [2.05, 4.69) is 130 Å². The summed E-state index contributed by atoms with van der Waals surface area (Å²) in [5.74, 6) is 0.883. The highest BCUT2D eigenvalue weighted by Crippen LogP contribution is 2.38. The van der Waals surface area contributed by atoms with Gasteiger partial charge in [0.25, 0.3) is 0 Å². The van der Waals surface area contributed by atoms with Crippen LogP contribution in [0.3, 0.4) is 0 Å². The van der Waals surface area contributed by atoms with Crippen LogP contribution in [-0.4, -0.2) is 0 Å². The lowest BCUT2D eigenvalue weighted by Gasteiger charge is -2.40. The lowest BCUT2D eigenvalue weighted by molar-refractivity contribution is 0.203. The quantitative estimate of drug-likeness (QED) is 0.204. The molecule has 0 aliphatic carbocycles. The Kier molecular flexibility index (Phi) is 6.31. The standard InChI is InChI=1S/C34H30N4O/c1-3-11-23(12-4-1)25-15-9-16-26(21-25)32-36-31(24-13-5-2-6-14-24)37-33(38-32)27-17-10-18-28(22-27)34-35-29-19-7-8-20-30(29)39-34/h1-22,31-38H. The van der Waals surface area contributed by atoms with Crippen molar-refractivity contribution in [3.63, 3.8) is 0 Å². The van der Waals surface area contributed by atoms with Gasteiger partial charge < -0.3 is 10.1 Å². The lowest BCUT2D eigenvalue weighted by Crippen LogP contribution is -2.54. The molecule has 4 unspecified atom stereocenters. The fourth-order valence-electron chi connectivity index (χ4n) is 5.43. The number of para-hydroxylation sites is 2. The number of rotatable bonds is 5. The summed E-state index contributed by atoms with van der Waals surface area (Å²) in [5.41, 5.74) is 8.06. The predicted molar refractivity (Wildman–Crippen MR) is 156 cm³/mol. The molecule has 0 bridgehead atoms. The molecule has 0 aromatic heterocycles. The molecule has 5 heteroatoms. The molecule has 1 fully saturated rings. The molecule has 5 aromatic carbocycles. The first-order valence-corrected chi connectivity index (χ1v) is 13.4. The number of ether oxygens (including phenoxy) is 1. The van der Waals surface area contributed by atoms with Crippen LogP contribution < -0.4 is 26.0 Å². The Labute approximate surface area is 228 Å². The third-order valence-corrected chi connectivity index (χ3v) is 7.43. The number of anilines is 1. The fraction of sp³-hybridized carbons (Fsp3) is 0.118. The summed E-state index contributed by atoms with van der Waals surface area (Å²) in [6, 6.07) is 46.5. The molecule has 2 heterocycles. The van der Waals surface area contributed by atoms with E-state index in [9.17, 15) is 0 Å². The van der Waals surface area contributed by atoms with Gasteiger partial charge in [0, 0.05) is 5.56 Å². The van der Waals surface area contributed by atoms with E-state index in [-0.39, 0.29) is 24.7 Å². The Morgan fingerprint density at radius 1 is 0.436 bits per heavy atom. The molecule has 4 atom stereocenters.